The van der Waals surface area contributed by atoms with E-state index in [0.717, 1.165) is 17.1 Å². The number of nitrogens with zero attached hydrogens (tertiary/aromatic N) is 1. The molecule has 0 saturated carbocycles. The predicted molar refractivity (Wildman–Crippen MR) is 82.3 cm³/mol. The minimum absolute atomic E-state index is 0.0460. The molecule has 0 fully saturated rings. The second-order valence-corrected chi connectivity index (χ2v) is 6.48. The van der Waals surface area contributed by atoms with Crippen molar-refractivity contribution in [2.24, 2.45) is 11.8 Å². The van der Waals surface area contributed by atoms with Crippen molar-refractivity contribution in [3.05, 3.63) is 16.1 Å². The van der Waals surface area contributed by atoms with Crippen molar-refractivity contribution in [2.75, 3.05) is 6.54 Å². The molecule has 1 unspecified atom stereocenters. The molecular weight excluding hydrogens is 290 g/mol. The van der Waals surface area contributed by atoms with E-state index in [2.05, 4.69) is 15.6 Å². The minimum Gasteiger partial charge on any atom is -0.481 e. The first-order chi connectivity index (χ1) is 9.86. The lowest BCUT2D eigenvalue weighted by Crippen LogP contribution is -2.38. The maximum absolute atomic E-state index is 11.7. The van der Waals surface area contributed by atoms with E-state index in [1.807, 2.05) is 26.2 Å². The molecule has 6 nitrogen and oxygen atoms in total. The number of carbonyl (C=O) groups excluding carboxylic acids is 1. The number of carboxylic acids is 1. The van der Waals surface area contributed by atoms with Gasteiger partial charge in [0.1, 0.15) is 5.01 Å². The fourth-order valence-electron chi connectivity index (χ4n) is 2.09. The first-order valence-corrected chi connectivity index (χ1v) is 7.89. The Morgan fingerprint density at radius 1 is 1.38 bits per heavy atom. The van der Waals surface area contributed by atoms with Gasteiger partial charge in [-0.05, 0) is 25.2 Å². The van der Waals surface area contributed by atoms with Gasteiger partial charge in [0, 0.05) is 24.0 Å². The van der Waals surface area contributed by atoms with Crippen LogP contribution in [0.15, 0.2) is 5.38 Å². The summed E-state index contributed by atoms with van der Waals surface area (Å²) in [4.78, 5) is 26.8. The predicted octanol–water partition coefficient (Wildman–Crippen LogP) is 2.39. The van der Waals surface area contributed by atoms with Crippen LogP contribution in [0.3, 0.4) is 0 Å². The molecule has 0 aliphatic heterocycles. The number of carbonyl (C=O) groups is 2. The van der Waals surface area contributed by atoms with Crippen molar-refractivity contribution in [3.63, 3.8) is 0 Å². The number of amides is 2. The molecule has 1 aromatic rings. The lowest BCUT2D eigenvalue weighted by Gasteiger charge is -2.17. The number of urea groups is 1. The van der Waals surface area contributed by atoms with E-state index in [1.54, 1.807) is 0 Å². The van der Waals surface area contributed by atoms with Gasteiger partial charge in [-0.1, -0.05) is 13.8 Å². The van der Waals surface area contributed by atoms with Crippen LogP contribution in [-0.2, 0) is 11.3 Å². The highest BCUT2D eigenvalue weighted by Crippen LogP contribution is 2.14. The van der Waals surface area contributed by atoms with Gasteiger partial charge in [0.25, 0.3) is 0 Å². The van der Waals surface area contributed by atoms with Gasteiger partial charge in [-0.3, -0.25) is 4.79 Å². The van der Waals surface area contributed by atoms with Crippen molar-refractivity contribution in [2.45, 2.75) is 40.2 Å². The van der Waals surface area contributed by atoms with Crippen LogP contribution in [0.2, 0.25) is 0 Å². The molecular formula is C14H23N3O3S. The zero-order valence-corrected chi connectivity index (χ0v) is 13.5. The lowest BCUT2D eigenvalue weighted by atomic mass is 9.94. The molecule has 21 heavy (non-hydrogen) atoms. The van der Waals surface area contributed by atoms with Crippen LogP contribution in [0, 0.1) is 18.8 Å². The number of aromatic nitrogens is 1. The topological polar surface area (TPSA) is 91.3 Å². The highest BCUT2D eigenvalue weighted by Gasteiger charge is 2.16. The number of hydrogen-bond donors (Lipinski definition) is 3. The summed E-state index contributed by atoms with van der Waals surface area (Å²) in [5.74, 6) is -0.478. The van der Waals surface area contributed by atoms with Crippen LogP contribution in [0.1, 0.15) is 37.4 Å². The van der Waals surface area contributed by atoms with Gasteiger partial charge in [-0.2, -0.15) is 0 Å². The highest BCUT2D eigenvalue weighted by atomic mass is 32.1. The van der Waals surface area contributed by atoms with Crippen LogP contribution in [0.5, 0.6) is 0 Å². The Hall–Kier alpha value is -1.63. The van der Waals surface area contributed by atoms with Gasteiger partial charge >= 0.3 is 12.0 Å². The first kappa shape index (κ1) is 17.4. The number of hydrogen-bond acceptors (Lipinski definition) is 4. The smallest absolute Gasteiger partial charge is 0.315 e. The molecule has 1 rings (SSSR count). The molecule has 118 valence electrons. The quantitative estimate of drug-likeness (QED) is 0.687. The SMILES string of the molecule is Cc1csc(CNC(=O)NCC(CC(=O)O)CC(C)C)n1. The van der Waals surface area contributed by atoms with Gasteiger partial charge in [-0.15, -0.1) is 11.3 Å². The largest absolute Gasteiger partial charge is 0.481 e. The Bertz CT molecular complexity index is 474. The fraction of sp³-hybridized carbons (Fsp3) is 0.643. The van der Waals surface area contributed by atoms with E-state index >= 15 is 0 Å². The van der Waals surface area contributed by atoms with Crippen molar-refractivity contribution in [3.8, 4) is 0 Å². The standard InChI is InChI=1S/C14H23N3O3S/c1-9(2)4-11(5-13(18)19)6-15-14(20)16-7-12-17-10(3)8-21-12/h8-9,11H,4-7H2,1-3H3,(H,18,19)(H2,15,16,20). The van der Waals surface area contributed by atoms with Crippen LogP contribution in [0.25, 0.3) is 0 Å². The molecule has 1 heterocycles. The number of aryl methyl sites for hydroxylation is 1. The second-order valence-electron chi connectivity index (χ2n) is 5.54. The maximum Gasteiger partial charge on any atom is 0.315 e. The van der Waals surface area contributed by atoms with Gasteiger partial charge in [0.05, 0.1) is 6.54 Å². The maximum atomic E-state index is 11.7. The molecule has 0 spiro atoms. The third kappa shape index (κ3) is 7.65. The zero-order chi connectivity index (χ0) is 15.8. The zero-order valence-electron chi connectivity index (χ0n) is 12.7. The van der Waals surface area contributed by atoms with Crippen molar-refractivity contribution in [1.82, 2.24) is 15.6 Å². The van der Waals surface area contributed by atoms with Crippen LogP contribution in [0.4, 0.5) is 4.79 Å². The molecule has 0 aromatic carbocycles. The summed E-state index contributed by atoms with van der Waals surface area (Å²) in [6, 6.07) is -0.290. The summed E-state index contributed by atoms with van der Waals surface area (Å²) >= 11 is 1.50. The van der Waals surface area contributed by atoms with E-state index in [-0.39, 0.29) is 18.4 Å². The highest BCUT2D eigenvalue weighted by molar-refractivity contribution is 7.09. The Morgan fingerprint density at radius 2 is 2.10 bits per heavy atom. The summed E-state index contributed by atoms with van der Waals surface area (Å²) in [5.41, 5.74) is 0.940. The molecule has 0 bridgehead atoms. The van der Waals surface area contributed by atoms with Crippen LogP contribution in [-0.4, -0.2) is 28.6 Å². The number of rotatable bonds is 8. The number of aliphatic carboxylic acids is 1. The molecule has 7 heteroatoms. The van der Waals surface area contributed by atoms with Gasteiger partial charge in [0.15, 0.2) is 0 Å². The van der Waals surface area contributed by atoms with Crippen molar-refractivity contribution >= 4 is 23.3 Å². The average molecular weight is 313 g/mol. The summed E-state index contributed by atoms with van der Waals surface area (Å²) in [6.45, 7) is 6.74. The van der Waals surface area contributed by atoms with Crippen molar-refractivity contribution < 1.29 is 14.7 Å². The monoisotopic (exact) mass is 313 g/mol. The van der Waals surface area contributed by atoms with Crippen LogP contribution < -0.4 is 10.6 Å². The normalized spacial score (nSPS) is 12.2. The molecule has 0 radical (unpaired) electrons. The molecule has 1 aromatic heterocycles. The molecule has 0 aliphatic carbocycles. The molecule has 1 atom stereocenters. The minimum atomic E-state index is -0.832. The van der Waals surface area contributed by atoms with Gasteiger partial charge in [0.2, 0.25) is 0 Å². The van der Waals surface area contributed by atoms with E-state index < -0.39 is 5.97 Å². The van der Waals surface area contributed by atoms with E-state index in [1.165, 1.54) is 11.3 Å². The average Bonchev–Trinajstić information content (AvgIpc) is 2.78. The Morgan fingerprint density at radius 3 is 2.62 bits per heavy atom. The summed E-state index contributed by atoms with van der Waals surface area (Å²) in [6.07, 6.45) is 0.850. The second kappa shape index (κ2) is 8.61. The third-order valence-electron chi connectivity index (χ3n) is 2.89. The van der Waals surface area contributed by atoms with E-state index in [9.17, 15) is 9.59 Å². The van der Waals surface area contributed by atoms with Gasteiger partial charge in [-0.25, -0.2) is 9.78 Å². The molecule has 3 N–H and O–H groups in total. The molecule has 0 aliphatic rings. The third-order valence-corrected chi connectivity index (χ3v) is 3.85. The van der Waals surface area contributed by atoms with E-state index in [0.29, 0.717) is 19.0 Å². The molecule has 2 amide bonds. The Kier molecular flexibility index (Phi) is 7.14. The fourth-order valence-corrected chi connectivity index (χ4v) is 2.80. The summed E-state index contributed by atoms with van der Waals surface area (Å²) in [7, 11) is 0. The number of thiazole rings is 1. The lowest BCUT2D eigenvalue weighted by molar-refractivity contribution is -0.138. The summed E-state index contributed by atoms with van der Waals surface area (Å²) < 4.78 is 0. The van der Waals surface area contributed by atoms with E-state index in [4.69, 9.17) is 5.11 Å². The first-order valence-electron chi connectivity index (χ1n) is 7.01. The summed E-state index contributed by atoms with van der Waals surface area (Å²) in [5, 5.41) is 17.1. The van der Waals surface area contributed by atoms with Crippen LogP contribution >= 0.6 is 11.3 Å². The van der Waals surface area contributed by atoms with Crippen molar-refractivity contribution in [1.29, 1.82) is 0 Å². The number of nitrogens with one attached hydrogen (secondary N) is 2. The Labute approximate surface area is 129 Å². The molecule has 0 saturated heterocycles. The number of carboxylic acid groups (broad SMARTS) is 1. The van der Waals surface area contributed by atoms with Gasteiger partial charge < -0.3 is 15.7 Å². The Balaban J connectivity index is 2.33.